The molecule has 0 aliphatic heterocycles. The highest BCUT2D eigenvalue weighted by molar-refractivity contribution is 5.97. The Hall–Kier alpha value is -1.23. The Morgan fingerprint density at radius 3 is 2.53 bits per heavy atom. The summed E-state index contributed by atoms with van der Waals surface area (Å²) in [5, 5.41) is 17.1. The molecule has 0 fully saturated rings. The van der Waals surface area contributed by atoms with Crippen LogP contribution in [0.3, 0.4) is 0 Å². The molecule has 5 heteroatoms. The SMILES string of the molecule is CCC(CC)C(O)C(=O)c1cnnn1C. The van der Waals surface area contributed by atoms with Gasteiger partial charge in [0.2, 0.25) is 5.78 Å². The Balaban J connectivity index is 2.81. The topological polar surface area (TPSA) is 68.0 Å². The van der Waals surface area contributed by atoms with Crippen molar-refractivity contribution in [3.8, 4) is 0 Å². The van der Waals surface area contributed by atoms with Crippen molar-refractivity contribution in [2.45, 2.75) is 32.8 Å². The third-order valence-corrected chi connectivity index (χ3v) is 2.73. The zero-order chi connectivity index (χ0) is 11.4. The van der Waals surface area contributed by atoms with Crippen molar-refractivity contribution in [3.05, 3.63) is 11.9 Å². The van der Waals surface area contributed by atoms with Gasteiger partial charge in [-0.15, -0.1) is 5.10 Å². The lowest BCUT2D eigenvalue weighted by Crippen LogP contribution is -2.30. The van der Waals surface area contributed by atoms with Crippen LogP contribution in [0.2, 0.25) is 0 Å². The number of hydrogen-bond acceptors (Lipinski definition) is 4. The summed E-state index contributed by atoms with van der Waals surface area (Å²) in [5.41, 5.74) is 0.356. The summed E-state index contributed by atoms with van der Waals surface area (Å²) in [7, 11) is 1.64. The van der Waals surface area contributed by atoms with Gasteiger partial charge in [0.25, 0.3) is 0 Å². The van der Waals surface area contributed by atoms with Crippen LogP contribution in [0.15, 0.2) is 6.20 Å². The van der Waals surface area contributed by atoms with Crippen LogP contribution in [-0.4, -0.2) is 32.0 Å². The molecule has 0 aliphatic carbocycles. The first-order chi connectivity index (χ1) is 7.11. The molecule has 84 valence electrons. The maximum absolute atomic E-state index is 11.8. The number of rotatable bonds is 5. The van der Waals surface area contributed by atoms with Gasteiger partial charge in [0, 0.05) is 7.05 Å². The van der Waals surface area contributed by atoms with E-state index in [9.17, 15) is 9.90 Å². The monoisotopic (exact) mass is 211 g/mol. The molecule has 1 atom stereocenters. The Morgan fingerprint density at radius 2 is 2.13 bits per heavy atom. The summed E-state index contributed by atoms with van der Waals surface area (Å²) in [5.74, 6) is -0.288. The highest BCUT2D eigenvalue weighted by atomic mass is 16.3. The normalized spacial score (nSPS) is 13.1. The van der Waals surface area contributed by atoms with Crippen LogP contribution < -0.4 is 0 Å². The molecular formula is C10H17N3O2. The molecular weight excluding hydrogens is 194 g/mol. The van der Waals surface area contributed by atoms with Crippen molar-refractivity contribution < 1.29 is 9.90 Å². The van der Waals surface area contributed by atoms with Crippen molar-refractivity contribution in [2.75, 3.05) is 0 Å². The number of nitrogens with zero attached hydrogens (tertiary/aromatic N) is 3. The largest absolute Gasteiger partial charge is 0.385 e. The molecule has 1 aromatic heterocycles. The van der Waals surface area contributed by atoms with E-state index in [0.29, 0.717) is 5.69 Å². The summed E-state index contributed by atoms with van der Waals surface area (Å²) < 4.78 is 1.38. The summed E-state index contributed by atoms with van der Waals surface area (Å²) in [6.07, 6.45) is 2.01. The van der Waals surface area contributed by atoms with Crippen molar-refractivity contribution in [1.29, 1.82) is 0 Å². The molecule has 0 saturated carbocycles. The zero-order valence-electron chi connectivity index (χ0n) is 9.34. The summed E-state index contributed by atoms with van der Waals surface area (Å²) >= 11 is 0. The number of Topliss-reactive ketones (excluding diaryl/α,β-unsaturated/α-hetero) is 1. The molecule has 1 aromatic rings. The first-order valence-corrected chi connectivity index (χ1v) is 5.18. The van der Waals surface area contributed by atoms with Gasteiger partial charge in [-0.05, 0) is 5.92 Å². The molecule has 0 amide bonds. The van der Waals surface area contributed by atoms with E-state index < -0.39 is 6.10 Å². The minimum Gasteiger partial charge on any atom is -0.385 e. The van der Waals surface area contributed by atoms with Gasteiger partial charge in [0.05, 0.1) is 6.20 Å². The van der Waals surface area contributed by atoms with Crippen LogP contribution in [0.4, 0.5) is 0 Å². The molecule has 0 bridgehead atoms. The van der Waals surface area contributed by atoms with Crippen molar-refractivity contribution >= 4 is 5.78 Å². The second-order valence-electron chi connectivity index (χ2n) is 3.63. The molecule has 0 aliphatic rings. The smallest absolute Gasteiger partial charge is 0.211 e. The van der Waals surface area contributed by atoms with Gasteiger partial charge in [0.1, 0.15) is 11.8 Å². The van der Waals surface area contributed by atoms with E-state index in [4.69, 9.17) is 0 Å². The average molecular weight is 211 g/mol. The Bertz CT molecular complexity index is 331. The minimum atomic E-state index is -0.947. The minimum absolute atomic E-state index is 0.00685. The lowest BCUT2D eigenvalue weighted by Gasteiger charge is -2.18. The van der Waals surface area contributed by atoms with E-state index in [0.717, 1.165) is 12.8 Å². The lowest BCUT2D eigenvalue weighted by molar-refractivity contribution is 0.0578. The highest BCUT2D eigenvalue weighted by Gasteiger charge is 2.26. The Labute approximate surface area is 89.1 Å². The predicted molar refractivity (Wildman–Crippen MR) is 55.4 cm³/mol. The molecule has 0 spiro atoms. The van der Waals surface area contributed by atoms with Gasteiger partial charge in [-0.1, -0.05) is 31.9 Å². The predicted octanol–water partition coefficient (Wildman–Crippen LogP) is 0.795. The van der Waals surface area contributed by atoms with E-state index in [1.165, 1.54) is 10.9 Å². The molecule has 1 heterocycles. The molecule has 15 heavy (non-hydrogen) atoms. The molecule has 1 unspecified atom stereocenters. The van der Waals surface area contributed by atoms with Gasteiger partial charge in [-0.25, -0.2) is 4.68 Å². The van der Waals surface area contributed by atoms with E-state index in [2.05, 4.69) is 10.3 Å². The van der Waals surface area contributed by atoms with E-state index in [1.54, 1.807) is 7.05 Å². The maximum atomic E-state index is 11.8. The molecule has 0 aromatic carbocycles. The molecule has 1 N–H and O–H groups in total. The van der Waals surface area contributed by atoms with Crippen molar-refractivity contribution in [2.24, 2.45) is 13.0 Å². The second kappa shape index (κ2) is 5.02. The third kappa shape index (κ3) is 2.41. The maximum Gasteiger partial charge on any atom is 0.211 e. The Kier molecular flexibility index (Phi) is 3.96. The number of carbonyl (C=O) groups is 1. The first kappa shape index (κ1) is 11.8. The number of hydrogen-bond donors (Lipinski definition) is 1. The number of aromatic nitrogens is 3. The second-order valence-corrected chi connectivity index (χ2v) is 3.63. The van der Waals surface area contributed by atoms with Gasteiger partial charge in [-0.2, -0.15) is 0 Å². The van der Waals surface area contributed by atoms with E-state index >= 15 is 0 Å². The fraction of sp³-hybridized carbons (Fsp3) is 0.700. The number of carbonyl (C=O) groups excluding carboxylic acids is 1. The summed E-state index contributed by atoms with van der Waals surface area (Å²) in [6, 6.07) is 0. The first-order valence-electron chi connectivity index (χ1n) is 5.18. The summed E-state index contributed by atoms with van der Waals surface area (Å²) in [6.45, 7) is 3.93. The lowest BCUT2D eigenvalue weighted by atomic mass is 9.93. The number of aryl methyl sites for hydroxylation is 1. The van der Waals surface area contributed by atoms with Crippen LogP contribution in [0.1, 0.15) is 37.2 Å². The van der Waals surface area contributed by atoms with Crippen LogP contribution in [0.25, 0.3) is 0 Å². The molecule has 5 nitrogen and oxygen atoms in total. The van der Waals surface area contributed by atoms with Gasteiger partial charge in [0.15, 0.2) is 0 Å². The van der Waals surface area contributed by atoms with Gasteiger partial charge >= 0.3 is 0 Å². The number of aliphatic hydroxyl groups excluding tert-OH is 1. The van der Waals surface area contributed by atoms with Crippen LogP contribution in [-0.2, 0) is 7.05 Å². The van der Waals surface area contributed by atoms with Crippen LogP contribution in [0, 0.1) is 5.92 Å². The fourth-order valence-electron chi connectivity index (χ4n) is 1.61. The highest BCUT2D eigenvalue weighted by Crippen LogP contribution is 2.16. The van der Waals surface area contributed by atoms with Gasteiger partial charge < -0.3 is 5.11 Å². The molecule has 1 rings (SSSR count). The van der Waals surface area contributed by atoms with E-state index in [-0.39, 0.29) is 11.7 Å². The Morgan fingerprint density at radius 1 is 1.53 bits per heavy atom. The standard InChI is InChI=1S/C10H17N3O2/c1-4-7(5-2)9(14)10(15)8-6-11-12-13(8)3/h6-7,9,14H,4-5H2,1-3H3. The number of ketones is 1. The van der Waals surface area contributed by atoms with E-state index in [1.807, 2.05) is 13.8 Å². The van der Waals surface area contributed by atoms with Gasteiger partial charge in [-0.3, -0.25) is 4.79 Å². The van der Waals surface area contributed by atoms with Crippen LogP contribution >= 0.6 is 0 Å². The van der Waals surface area contributed by atoms with Crippen molar-refractivity contribution in [1.82, 2.24) is 15.0 Å². The van der Waals surface area contributed by atoms with Crippen molar-refractivity contribution in [3.63, 3.8) is 0 Å². The average Bonchev–Trinajstić information content (AvgIpc) is 2.65. The summed E-state index contributed by atoms with van der Waals surface area (Å²) in [4.78, 5) is 11.8. The quantitative estimate of drug-likeness (QED) is 0.731. The van der Waals surface area contributed by atoms with Crippen LogP contribution in [0.5, 0.6) is 0 Å². The zero-order valence-corrected chi connectivity index (χ0v) is 9.34. The third-order valence-electron chi connectivity index (χ3n) is 2.73. The molecule has 0 radical (unpaired) electrons. The number of aliphatic hydroxyl groups is 1. The fourth-order valence-corrected chi connectivity index (χ4v) is 1.61. The molecule has 0 saturated heterocycles.